The first-order valence-corrected chi connectivity index (χ1v) is 6.12. The van der Waals surface area contributed by atoms with Gasteiger partial charge < -0.3 is 20.8 Å². The fraction of sp³-hybridized carbons (Fsp3) is 0.538. The van der Waals surface area contributed by atoms with Crippen LogP contribution < -0.4 is 10.6 Å². The van der Waals surface area contributed by atoms with Gasteiger partial charge in [0.25, 0.3) is 0 Å². The molecular formula is C13H20N2O2. The maximum atomic E-state index is 9.70. The molecule has 1 fully saturated rings. The van der Waals surface area contributed by atoms with Crippen molar-refractivity contribution in [3.8, 4) is 5.75 Å². The van der Waals surface area contributed by atoms with Crippen LogP contribution in [0, 0.1) is 0 Å². The minimum absolute atomic E-state index is 0.210. The second-order valence-electron chi connectivity index (χ2n) is 4.59. The van der Waals surface area contributed by atoms with Gasteiger partial charge in [-0.05, 0) is 37.0 Å². The van der Waals surface area contributed by atoms with Crippen LogP contribution in [0.5, 0.6) is 5.75 Å². The van der Waals surface area contributed by atoms with Crippen molar-refractivity contribution in [1.29, 1.82) is 0 Å². The van der Waals surface area contributed by atoms with Crippen molar-refractivity contribution in [2.45, 2.75) is 38.0 Å². The Hall–Kier alpha value is -1.26. The Morgan fingerprint density at radius 2 is 2.18 bits per heavy atom. The van der Waals surface area contributed by atoms with Crippen molar-refractivity contribution in [3.05, 3.63) is 23.8 Å². The molecule has 0 radical (unpaired) electrons. The minimum atomic E-state index is -0.212. The first kappa shape index (κ1) is 12.2. The van der Waals surface area contributed by atoms with E-state index in [1.165, 1.54) is 0 Å². The van der Waals surface area contributed by atoms with Gasteiger partial charge in [0.1, 0.15) is 5.75 Å². The third-order valence-corrected chi connectivity index (χ3v) is 3.38. The van der Waals surface area contributed by atoms with Crippen LogP contribution in [-0.4, -0.2) is 29.4 Å². The molecule has 0 bridgehead atoms. The lowest BCUT2D eigenvalue weighted by Crippen LogP contribution is -2.35. The monoisotopic (exact) mass is 236 g/mol. The highest BCUT2D eigenvalue weighted by molar-refractivity contribution is 5.56. The Labute approximate surface area is 102 Å². The lowest BCUT2D eigenvalue weighted by molar-refractivity contribution is 0.148. The number of aliphatic hydroxyl groups excluding tert-OH is 1. The number of rotatable bonds is 4. The van der Waals surface area contributed by atoms with E-state index in [1.54, 1.807) is 13.1 Å². The minimum Gasteiger partial charge on any atom is -0.506 e. The standard InChI is InChI=1S/C13H20N2O2/c1-14-11-7-9(5-6-13(11)17)8-15-10-3-2-4-12(10)16/h5-7,10,12,14-17H,2-4,8H2,1H3/t10-,12+/m1/s1. The first-order chi connectivity index (χ1) is 8.20. The lowest BCUT2D eigenvalue weighted by Gasteiger charge is -2.16. The number of phenolic OH excluding ortho intramolecular Hbond substituents is 1. The SMILES string of the molecule is CNc1cc(CN[C@@H]2CCC[C@@H]2O)ccc1O. The highest BCUT2D eigenvalue weighted by Gasteiger charge is 2.24. The second kappa shape index (κ2) is 5.38. The molecule has 1 aliphatic carbocycles. The molecule has 1 saturated carbocycles. The van der Waals surface area contributed by atoms with Crippen LogP contribution in [-0.2, 0) is 6.54 Å². The number of aliphatic hydroxyl groups is 1. The molecule has 0 spiro atoms. The summed E-state index contributed by atoms with van der Waals surface area (Å²) < 4.78 is 0. The average Bonchev–Trinajstić information content (AvgIpc) is 2.74. The second-order valence-corrected chi connectivity index (χ2v) is 4.59. The van der Waals surface area contributed by atoms with E-state index in [9.17, 15) is 10.2 Å². The molecular weight excluding hydrogens is 216 g/mol. The number of hydrogen-bond donors (Lipinski definition) is 4. The molecule has 0 heterocycles. The van der Waals surface area contributed by atoms with Crippen molar-refractivity contribution in [2.24, 2.45) is 0 Å². The molecule has 2 rings (SSSR count). The summed E-state index contributed by atoms with van der Waals surface area (Å²) >= 11 is 0. The highest BCUT2D eigenvalue weighted by atomic mass is 16.3. The van der Waals surface area contributed by atoms with E-state index in [4.69, 9.17) is 0 Å². The van der Waals surface area contributed by atoms with Gasteiger partial charge in [-0.1, -0.05) is 6.07 Å². The Bertz CT molecular complexity index is 382. The van der Waals surface area contributed by atoms with Gasteiger partial charge in [0, 0.05) is 19.6 Å². The molecule has 2 atom stereocenters. The van der Waals surface area contributed by atoms with E-state index >= 15 is 0 Å². The molecule has 1 aromatic rings. The number of benzene rings is 1. The molecule has 0 unspecified atom stereocenters. The van der Waals surface area contributed by atoms with Crippen LogP contribution in [0.1, 0.15) is 24.8 Å². The molecule has 1 aromatic carbocycles. The summed E-state index contributed by atoms with van der Waals surface area (Å²) in [5.41, 5.74) is 1.84. The zero-order valence-corrected chi connectivity index (χ0v) is 10.1. The summed E-state index contributed by atoms with van der Waals surface area (Å²) in [5, 5.41) is 25.5. The summed E-state index contributed by atoms with van der Waals surface area (Å²) in [7, 11) is 1.78. The van der Waals surface area contributed by atoms with Crippen molar-refractivity contribution in [1.82, 2.24) is 5.32 Å². The van der Waals surface area contributed by atoms with Crippen molar-refractivity contribution >= 4 is 5.69 Å². The Morgan fingerprint density at radius 3 is 2.82 bits per heavy atom. The lowest BCUT2D eigenvalue weighted by atomic mass is 10.1. The zero-order valence-electron chi connectivity index (χ0n) is 10.1. The van der Waals surface area contributed by atoms with Crippen LogP contribution in [0.25, 0.3) is 0 Å². The van der Waals surface area contributed by atoms with Gasteiger partial charge >= 0.3 is 0 Å². The van der Waals surface area contributed by atoms with E-state index in [0.29, 0.717) is 0 Å². The average molecular weight is 236 g/mol. The maximum absolute atomic E-state index is 9.70. The first-order valence-electron chi connectivity index (χ1n) is 6.12. The van der Waals surface area contributed by atoms with E-state index in [1.807, 2.05) is 12.1 Å². The summed E-state index contributed by atoms with van der Waals surface area (Å²) in [4.78, 5) is 0. The zero-order chi connectivity index (χ0) is 12.3. The van der Waals surface area contributed by atoms with Crippen molar-refractivity contribution in [3.63, 3.8) is 0 Å². The summed E-state index contributed by atoms with van der Waals surface area (Å²) in [6, 6.07) is 5.71. The Balaban J connectivity index is 1.94. The molecule has 4 heteroatoms. The van der Waals surface area contributed by atoms with E-state index in [0.717, 1.165) is 37.1 Å². The maximum Gasteiger partial charge on any atom is 0.138 e. The fourth-order valence-corrected chi connectivity index (χ4v) is 2.32. The Morgan fingerprint density at radius 1 is 1.35 bits per heavy atom. The third-order valence-electron chi connectivity index (χ3n) is 3.38. The van der Waals surface area contributed by atoms with Gasteiger partial charge in [0.05, 0.1) is 11.8 Å². The number of anilines is 1. The topological polar surface area (TPSA) is 64.5 Å². The number of aromatic hydroxyl groups is 1. The molecule has 17 heavy (non-hydrogen) atoms. The Kier molecular flexibility index (Phi) is 3.86. The highest BCUT2D eigenvalue weighted by Crippen LogP contribution is 2.24. The van der Waals surface area contributed by atoms with Crippen molar-refractivity contribution in [2.75, 3.05) is 12.4 Å². The number of hydrogen-bond acceptors (Lipinski definition) is 4. The van der Waals surface area contributed by atoms with Gasteiger partial charge in [-0.25, -0.2) is 0 Å². The van der Waals surface area contributed by atoms with Gasteiger partial charge in [0.15, 0.2) is 0 Å². The van der Waals surface area contributed by atoms with Crippen LogP contribution >= 0.6 is 0 Å². The van der Waals surface area contributed by atoms with Crippen LogP contribution in [0.4, 0.5) is 5.69 Å². The molecule has 0 aliphatic heterocycles. The van der Waals surface area contributed by atoms with Gasteiger partial charge in [0.2, 0.25) is 0 Å². The van der Waals surface area contributed by atoms with Gasteiger partial charge in [-0.3, -0.25) is 0 Å². The number of nitrogens with one attached hydrogen (secondary N) is 2. The van der Waals surface area contributed by atoms with E-state index < -0.39 is 0 Å². The number of phenols is 1. The van der Waals surface area contributed by atoms with Crippen LogP contribution in [0.3, 0.4) is 0 Å². The van der Waals surface area contributed by atoms with Crippen molar-refractivity contribution < 1.29 is 10.2 Å². The molecule has 0 amide bonds. The normalized spacial score (nSPS) is 23.9. The summed E-state index contributed by atoms with van der Waals surface area (Å²) in [5.74, 6) is 0.261. The summed E-state index contributed by atoms with van der Waals surface area (Å²) in [6.07, 6.45) is 2.82. The van der Waals surface area contributed by atoms with E-state index in [-0.39, 0.29) is 17.9 Å². The smallest absolute Gasteiger partial charge is 0.138 e. The third kappa shape index (κ3) is 2.90. The van der Waals surface area contributed by atoms with Crippen LogP contribution in [0.2, 0.25) is 0 Å². The molecule has 94 valence electrons. The molecule has 0 aromatic heterocycles. The predicted octanol–water partition coefficient (Wildman–Crippen LogP) is 1.44. The van der Waals surface area contributed by atoms with E-state index in [2.05, 4.69) is 10.6 Å². The summed E-state index contributed by atoms with van der Waals surface area (Å²) in [6.45, 7) is 0.719. The molecule has 4 nitrogen and oxygen atoms in total. The molecule has 4 N–H and O–H groups in total. The molecule has 0 saturated heterocycles. The predicted molar refractivity (Wildman–Crippen MR) is 68.1 cm³/mol. The van der Waals surface area contributed by atoms with Gasteiger partial charge in [-0.2, -0.15) is 0 Å². The molecule has 1 aliphatic rings. The largest absolute Gasteiger partial charge is 0.506 e. The van der Waals surface area contributed by atoms with Gasteiger partial charge in [-0.15, -0.1) is 0 Å². The fourth-order valence-electron chi connectivity index (χ4n) is 2.32. The quantitative estimate of drug-likeness (QED) is 0.597. The van der Waals surface area contributed by atoms with Crippen LogP contribution in [0.15, 0.2) is 18.2 Å².